The minimum absolute atomic E-state index is 0.0772. The van der Waals surface area contributed by atoms with E-state index in [0.717, 1.165) is 10.0 Å². The van der Waals surface area contributed by atoms with Crippen molar-refractivity contribution in [2.24, 2.45) is 5.10 Å². The molecular weight excluding hydrogens is 474 g/mol. The minimum atomic E-state index is -4.05. The predicted molar refractivity (Wildman–Crippen MR) is 144 cm³/mol. The van der Waals surface area contributed by atoms with Gasteiger partial charge in [-0.2, -0.15) is 5.10 Å². The van der Waals surface area contributed by atoms with Crippen LogP contribution in [0, 0.1) is 0 Å². The van der Waals surface area contributed by atoms with Crippen molar-refractivity contribution in [3.05, 3.63) is 90.5 Å². The Labute approximate surface area is 213 Å². The molecule has 3 aromatic rings. The fourth-order valence-corrected chi connectivity index (χ4v) is 5.41. The highest BCUT2D eigenvalue weighted by molar-refractivity contribution is 7.92. The molecule has 0 aromatic heterocycles. The highest BCUT2D eigenvalue weighted by Crippen LogP contribution is 2.32. The van der Waals surface area contributed by atoms with Gasteiger partial charge in [-0.05, 0) is 55.5 Å². The van der Waals surface area contributed by atoms with E-state index < -0.39 is 22.5 Å². The molecular formula is C28H33N3O4S. The van der Waals surface area contributed by atoms with Gasteiger partial charge in [-0.1, -0.05) is 74.5 Å². The van der Waals surface area contributed by atoms with Crippen LogP contribution in [0.25, 0.3) is 0 Å². The Morgan fingerprint density at radius 3 is 2.17 bits per heavy atom. The normalized spacial score (nSPS) is 12.2. The largest absolute Gasteiger partial charge is 0.492 e. The molecule has 7 nitrogen and oxygen atoms in total. The van der Waals surface area contributed by atoms with Crippen LogP contribution in [-0.2, 0) is 20.2 Å². The van der Waals surface area contributed by atoms with Gasteiger partial charge in [0.05, 0.1) is 17.2 Å². The summed E-state index contributed by atoms with van der Waals surface area (Å²) in [6.07, 6.45) is 0.622. The third-order valence-electron chi connectivity index (χ3n) is 5.68. The van der Waals surface area contributed by atoms with Crippen LogP contribution in [-0.4, -0.2) is 33.2 Å². The maximum atomic E-state index is 13.6. The Morgan fingerprint density at radius 1 is 0.944 bits per heavy atom. The zero-order valence-corrected chi connectivity index (χ0v) is 22.0. The van der Waals surface area contributed by atoms with Gasteiger partial charge < -0.3 is 4.74 Å². The standard InChI is InChI=1S/C28H33N3O4S/c1-5-35-26-19-13-12-18-25(26)31(36(33,34)24-16-10-7-11-17-24)21-27(32)30-29-22(2)20-28(3,4)23-14-8-6-9-15-23/h6-19H,5,20-21H2,1-4H3,(H,30,32). The summed E-state index contributed by atoms with van der Waals surface area (Å²) >= 11 is 0. The number of carbonyl (C=O) groups excluding carboxylic acids is 1. The second-order valence-electron chi connectivity index (χ2n) is 9.03. The van der Waals surface area contributed by atoms with Crippen LogP contribution in [0.1, 0.15) is 39.7 Å². The Bertz CT molecular complexity index is 1290. The van der Waals surface area contributed by atoms with E-state index in [9.17, 15) is 13.2 Å². The number of sulfonamides is 1. The number of benzene rings is 3. The SMILES string of the molecule is CCOc1ccccc1N(CC(=O)NN=C(C)CC(C)(C)c1ccccc1)S(=O)(=O)c1ccccc1. The average Bonchev–Trinajstić information content (AvgIpc) is 2.87. The summed E-state index contributed by atoms with van der Waals surface area (Å²) in [7, 11) is -4.05. The Kier molecular flexibility index (Phi) is 8.88. The minimum Gasteiger partial charge on any atom is -0.492 e. The van der Waals surface area contributed by atoms with Crippen molar-refractivity contribution >= 4 is 27.3 Å². The molecule has 0 aliphatic heterocycles. The lowest BCUT2D eigenvalue weighted by Crippen LogP contribution is -2.40. The van der Waals surface area contributed by atoms with E-state index in [1.807, 2.05) is 32.0 Å². The monoisotopic (exact) mass is 507 g/mol. The molecule has 1 amide bonds. The van der Waals surface area contributed by atoms with Gasteiger partial charge in [0.2, 0.25) is 0 Å². The number of hydrogen-bond acceptors (Lipinski definition) is 5. The van der Waals surface area contributed by atoms with Crippen LogP contribution in [0.15, 0.2) is 94.9 Å². The number of nitrogens with one attached hydrogen (secondary N) is 1. The molecule has 0 spiro atoms. The van der Waals surface area contributed by atoms with Gasteiger partial charge in [0.15, 0.2) is 0 Å². The molecule has 0 saturated heterocycles. The molecule has 8 heteroatoms. The molecule has 190 valence electrons. The summed E-state index contributed by atoms with van der Waals surface area (Å²) < 4.78 is 33.8. The van der Waals surface area contributed by atoms with Crippen molar-refractivity contribution in [1.29, 1.82) is 0 Å². The maximum absolute atomic E-state index is 13.6. The lowest BCUT2D eigenvalue weighted by molar-refractivity contribution is -0.119. The number of hydrogen-bond donors (Lipinski definition) is 1. The number of anilines is 1. The highest BCUT2D eigenvalue weighted by atomic mass is 32.2. The molecule has 0 bridgehead atoms. The number of amides is 1. The summed E-state index contributed by atoms with van der Waals surface area (Å²) in [4.78, 5) is 13.0. The number of hydrazone groups is 1. The van der Waals surface area contributed by atoms with Crippen molar-refractivity contribution in [1.82, 2.24) is 5.43 Å². The number of ether oxygens (including phenoxy) is 1. The van der Waals surface area contributed by atoms with Crippen LogP contribution in [0.2, 0.25) is 0 Å². The average molecular weight is 508 g/mol. The fourth-order valence-electron chi connectivity index (χ4n) is 3.95. The summed E-state index contributed by atoms with van der Waals surface area (Å²) in [5.41, 5.74) is 4.53. The van der Waals surface area contributed by atoms with Gasteiger partial charge in [-0.3, -0.25) is 9.10 Å². The van der Waals surface area contributed by atoms with Gasteiger partial charge in [-0.15, -0.1) is 0 Å². The van der Waals surface area contributed by atoms with Crippen LogP contribution in [0.4, 0.5) is 5.69 Å². The van der Waals surface area contributed by atoms with Crippen LogP contribution in [0.5, 0.6) is 5.75 Å². The lowest BCUT2D eigenvalue weighted by Gasteiger charge is -2.26. The van der Waals surface area contributed by atoms with Crippen LogP contribution < -0.4 is 14.5 Å². The maximum Gasteiger partial charge on any atom is 0.264 e. The first kappa shape index (κ1) is 26.9. The van der Waals surface area contributed by atoms with Gasteiger partial charge in [0.25, 0.3) is 15.9 Å². The van der Waals surface area contributed by atoms with Gasteiger partial charge in [-0.25, -0.2) is 13.8 Å². The molecule has 0 unspecified atom stereocenters. The van der Waals surface area contributed by atoms with E-state index in [-0.39, 0.29) is 16.0 Å². The molecule has 3 rings (SSSR count). The van der Waals surface area contributed by atoms with Gasteiger partial charge in [0, 0.05) is 5.71 Å². The topological polar surface area (TPSA) is 88.1 Å². The van der Waals surface area contributed by atoms with Crippen molar-refractivity contribution in [2.75, 3.05) is 17.5 Å². The Balaban J connectivity index is 1.83. The molecule has 1 N–H and O–H groups in total. The van der Waals surface area contributed by atoms with Crippen molar-refractivity contribution in [3.63, 3.8) is 0 Å². The second kappa shape index (κ2) is 11.9. The smallest absolute Gasteiger partial charge is 0.264 e. The number of carbonyl (C=O) groups is 1. The highest BCUT2D eigenvalue weighted by Gasteiger charge is 2.29. The summed E-state index contributed by atoms with van der Waals surface area (Å²) in [5.74, 6) is -0.186. The zero-order chi connectivity index (χ0) is 26.2. The molecule has 0 radical (unpaired) electrons. The molecule has 0 saturated carbocycles. The summed E-state index contributed by atoms with van der Waals surface area (Å²) in [5, 5.41) is 4.26. The van der Waals surface area contributed by atoms with E-state index in [2.05, 4.69) is 36.5 Å². The van der Waals surface area contributed by atoms with E-state index in [1.54, 1.807) is 42.5 Å². The molecule has 0 atom stereocenters. The summed E-state index contributed by atoms with van der Waals surface area (Å²) in [6, 6.07) is 24.9. The molecule has 0 aliphatic carbocycles. The van der Waals surface area contributed by atoms with E-state index in [1.165, 1.54) is 17.7 Å². The Hall–Kier alpha value is -3.65. The number of rotatable bonds is 11. The van der Waals surface area contributed by atoms with Crippen LogP contribution >= 0.6 is 0 Å². The molecule has 0 aliphatic rings. The molecule has 3 aromatic carbocycles. The molecule has 36 heavy (non-hydrogen) atoms. The zero-order valence-electron chi connectivity index (χ0n) is 21.1. The summed E-state index contributed by atoms with van der Waals surface area (Å²) in [6.45, 7) is 7.77. The van der Waals surface area contributed by atoms with Crippen molar-refractivity contribution in [3.8, 4) is 5.75 Å². The first-order valence-corrected chi connectivity index (χ1v) is 13.3. The van der Waals surface area contributed by atoms with Gasteiger partial charge >= 0.3 is 0 Å². The van der Waals surface area contributed by atoms with E-state index >= 15 is 0 Å². The second-order valence-corrected chi connectivity index (χ2v) is 10.9. The van der Waals surface area contributed by atoms with Crippen LogP contribution in [0.3, 0.4) is 0 Å². The predicted octanol–water partition coefficient (Wildman–Crippen LogP) is 5.14. The number of para-hydroxylation sites is 2. The van der Waals surface area contributed by atoms with Gasteiger partial charge in [0.1, 0.15) is 12.3 Å². The molecule has 0 heterocycles. The lowest BCUT2D eigenvalue weighted by atomic mass is 9.80. The Morgan fingerprint density at radius 2 is 1.53 bits per heavy atom. The van der Waals surface area contributed by atoms with Crippen molar-refractivity contribution in [2.45, 2.75) is 44.4 Å². The first-order chi connectivity index (χ1) is 17.1. The first-order valence-electron chi connectivity index (χ1n) is 11.8. The quantitative estimate of drug-likeness (QED) is 0.288. The third-order valence-corrected chi connectivity index (χ3v) is 7.45. The van der Waals surface area contributed by atoms with E-state index in [0.29, 0.717) is 18.8 Å². The van der Waals surface area contributed by atoms with E-state index in [4.69, 9.17) is 4.74 Å². The third kappa shape index (κ3) is 6.73. The fraction of sp³-hybridized carbons (Fsp3) is 0.286. The van der Waals surface area contributed by atoms with Crippen molar-refractivity contribution < 1.29 is 17.9 Å². The number of nitrogens with zero attached hydrogens (tertiary/aromatic N) is 2. The molecule has 0 fully saturated rings.